The van der Waals surface area contributed by atoms with Gasteiger partial charge in [0.1, 0.15) is 11.4 Å². The van der Waals surface area contributed by atoms with Crippen molar-refractivity contribution in [2.75, 3.05) is 5.32 Å². The standard InChI is InChI=1S/C11H15N3O2S/c1-7(14-16)9-6-17-11(12-9)13-10(15)5-8-3-2-4-8/h6,8,16H,2-5H2,1H3,(H,12,13,15). The van der Waals surface area contributed by atoms with Crippen LogP contribution in [-0.4, -0.2) is 21.8 Å². The van der Waals surface area contributed by atoms with Gasteiger partial charge in [-0.25, -0.2) is 4.98 Å². The van der Waals surface area contributed by atoms with Gasteiger partial charge >= 0.3 is 0 Å². The Morgan fingerprint density at radius 2 is 2.47 bits per heavy atom. The molecule has 5 nitrogen and oxygen atoms in total. The number of rotatable bonds is 4. The molecule has 6 heteroatoms. The van der Waals surface area contributed by atoms with E-state index in [0.29, 0.717) is 28.9 Å². The fraction of sp³-hybridized carbons (Fsp3) is 0.545. The summed E-state index contributed by atoms with van der Waals surface area (Å²) >= 11 is 1.34. The first kappa shape index (κ1) is 12.0. The molecule has 0 radical (unpaired) electrons. The molecule has 1 aromatic heterocycles. The molecule has 92 valence electrons. The molecule has 1 fully saturated rings. The van der Waals surface area contributed by atoms with Crippen LogP contribution in [0.5, 0.6) is 0 Å². The van der Waals surface area contributed by atoms with Crippen LogP contribution in [0.3, 0.4) is 0 Å². The van der Waals surface area contributed by atoms with Crippen LogP contribution in [-0.2, 0) is 4.79 Å². The highest BCUT2D eigenvalue weighted by molar-refractivity contribution is 7.14. The van der Waals surface area contributed by atoms with E-state index in [-0.39, 0.29) is 5.91 Å². The average molecular weight is 253 g/mol. The first-order valence-electron chi connectivity index (χ1n) is 5.63. The number of hydrogen-bond acceptors (Lipinski definition) is 5. The number of aromatic nitrogens is 1. The molecule has 17 heavy (non-hydrogen) atoms. The van der Waals surface area contributed by atoms with Crippen molar-refractivity contribution in [2.45, 2.75) is 32.6 Å². The van der Waals surface area contributed by atoms with Crippen LogP contribution in [0.25, 0.3) is 0 Å². The second-order valence-electron chi connectivity index (χ2n) is 4.27. The van der Waals surface area contributed by atoms with Crippen molar-refractivity contribution in [3.05, 3.63) is 11.1 Å². The summed E-state index contributed by atoms with van der Waals surface area (Å²) in [6, 6.07) is 0. The molecule has 1 amide bonds. The third kappa shape index (κ3) is 3.03. The van der Waals surface area contributed by atoms with Crippen LogP contribution >= 0.6 is 11.3 Å². The molecule has 1 aliphatic rings. The Bertz CT molecular complexity index is 438. The number of thiazole rings is 1. The van der Waals surface area contributed by atoms with Crippen LogP contribution in [0, 0.1) is 5.92 Å². The molecular formula is C11H15N3O2S. The lowest BCUT2D eigenvalue weighted by Gasteiger charge is -2.24. The molecule has 0 saturated heterocycles. The Labute approximate surface area is 104 Å². The normalized spacial score (nSPS) is 16.6. The van der Waals surface area contributed by atoms with Crippen molar-refractivity contribution in [1.82, 2.24) is 4.98 Å². The summed E-state index contributed by atoms with van der Waals surface area (Å²) in [7, 11) is 0. The number of anilines is 1. The molecule has 0 spiro atoms. The highest BCUT2D eigenvalue weighted by atomic mass is 32.1. The van der Waals surface area contributed by atoms with Gasteiger partial charge in [0.05, 0.1) is 0 Å². The summed E-state index contributed by atoms with van der Waals surface area (Å²) in [4.78, 5) is 15.8. The van der Waals surface area contributed by atoms with Crippen molar-refractivity contribution >= 4 is 28.1 Å². The zero-order valence-electron chi connectivity index (χ0n) is 9.64. The lowest BCUT2D eigenvalue weighted by molar-refractivity contribution is -0.117. The summed E-state index contributed by atoms with van der Waals surface area (Å²) in [5.74, 6) is 0.573. The number of hydrogen-bond donors (Lipinski definition) is 2. The van der Waals surface area contributed by atoms with Crippen molar-refractivity contribution in [1.29, 1.82) is 0 Å². The van der Waals surface area contributed by atoms with E-state index in [4.69, 9.17) is 5.21 Å². The van der Waals surface area contributed by atoms with Crippen LogP contribution in [0.1, 0.15) is 38.3 Å². The molecule has 1 aliphatic carbocycles. The zero-order valence-corrected chi connectivity index (χ0v) is 10.5. The van der Waals surface area contributed by atoms with Crippen LogP contribution in [0.4, 0.5) is 5.13 Å². The molecule has 0 aromatic carbocycles. The third-order valence-electron chi connectivity index (χ3n) is 2.97. The molecule has 0 atom stereocenters. The Hall–Kier alpha value is -1.43. The van der Waals surface area contributed by atoms with Gasteiger partial charge in [0.25, 0.3) is 0 Å². The molecule has 1 aromatic rings. The van der Waals surface area contributed by atoms with Gasteiger partial charge in [-0.15, -0.1) is 11.3 Å². The summed E-state index contributed by atoms with van der Waals surface area (Å²) in [5, 5.41) is 16.8. The number of carbonyl (C=O) groups is 1. The minimum absolute atomic E-state index is 0.0224. The Kier molecular flexibility index (Phi) is 3.73. The molecule has 1 heterocycles. The van der Waals surface area contributed by atoms with Gasteiger partial charge in [0.15, 0.2) is 5.13 Å². The Morgan fingerprint density at radius 1 is 1.71 bits per heavy atom. The van der Waals surface area contributed by atoms with E-state index in [1.807, 2.05) is 0 Å². The molecular weight excluding hydrogens is 238 g/mol. The lowest BCUT2D eigenvalue weighted by Crippen LogP contribution is -2.20. The predicted molar refractivity (Wildman–Crippen MR) is 66.7 cm³/mol. The summed E-state index contributed by atoms with van der Waals surface area (Å²) < 4.78 is 0. The highest BCUT2D eigenvalue weighted by Gasteiger charge is 2.21. The number of nitrogens with zero attached hydrogens (tertiary/aromatic N) is 2. The summed E-state index contributed by atoms with van der Waals surface area (Å²) in [5.41, 5.74) is 1.04. The smallest absolute Gasteiger partial charge is 0.226 e. The van der Waals surface area contributed by atoms with E-state index in [2.05, 4.69) is 15.5 Å². The maximum absolute atomic E-state index is 11.6. The van der Waals surface area contributed by atoms with Crippen LogP contribution < -0.4 is 5.32 Å². The predicted octanol–water partition coefficient (Wildman–Crippen LogP) is 2.47. The lowest BCUT2D eigenvalue weighted by atomic mass is 9.83. The van der Waals surface area contributed by atoms with Crippen molar-refractivity contribution in [3.63, 3.8) is 0 Å². The van der Waals surface area contributed by atoms with Crippen molar-refractivity contribution in [3.8, 4) is 0 Å². The second-order valence-corrected chi connectivity index (χ2v) is 5.13. The quantitative estimate of drug-likeness (QED) is 0.491. The fourth-order valence-corrected chi connectivity index (χ4v) is 2.45. The SMILES string of the molecule is CC(=NO)c1csc(NC(=O)CC2CCC2)n1. The van der Waals surface area contributed by atoms with Gasteiger partial charge in [0.2, 0.25) is 5.91 Å². The monoisotopic (exact) mass is 253 g/mol. The number of carbonyl (C=O) groups excluding carboxylic acids is 1. The molecule has 2 rings (SSSR count). The average Bonchev–Trinajstić information content (AvgIpc) is 2.71. The second kappa shape index (κ2) is 5.27. The van der Waals surface area contributed by atoms with E-state index < -0.39 is 0 Å². The summed E-state index contributed by atoms with van der Waals surface area (Å²) in [6.07, 6.45) is 4.15. The minimum atomic E-state index is 0.0224. The third-order valence-corrected chi connectivity index (χ3v) is 3.73. The maximum Gasteiger partial charge on any atom is 0.226 e. The maximum atomic E-state index is 11.6. The Morgan fingerprint density at radius 3 is 3.06 bits per heavy atom. The van der Waals surface area contributed by atoms with E-state index in [1.165, 1.54) is 17.8 Å². The van der Waals surface area contributed by atoms with Gasteiger partial charge in [0, 0.05) is 11.8 Å². The van der Waals surface area contributed by atoms with Gasteiger partial charge in [-0.2, -0.15) is 0 Å². The van der Waals surface area contributed by atoms with E-state index in [9.17, 15) is 4.79 Å². The van der Waals surface area contributed by atoms with Gasteiger partial charge in [-0.1, -0.05) is 11.6 Å². The van der Waals surface area contributed by atoms with E-state index >= 15 is 0 Å². The largest absolute Gasteiger partial charge is 0.411 e. The number of amides is 1. The van der Waals surface area contributed by atoms with E-state index in [0.717, 1.165) is 12.8 Å². The molecule has 2 N–H and O–H groups in total. The van der Waals surface area contributed by atoms with E-state index in [1.54, 1.807) is 12.3 Å². The Balaban J connectivity index is 1.89. The van der Waals surface area contributed by atoms with Crippen LogP contribution in [0.15, 0.2) is 10.5 Å². The number of nitrogens with one attached hydrogen (secondary N) is 1. The first-order valence-corrected chi connectivity index (χ1v) is 6.51. The van der Waals surface area contributed by atoms with Gasteiger partial charge in [-0.05, 0) is 25.7 Å². The topological polar surface area (TPSA) is 74.6 Å². The molecule has 0 bridgehead atoms. The van der Waals surface area contributed by atoms with Gasteiger partial charge in [-0.3, -0.25) is 4.79 Å². The summed E-state index contributed by atoms with van der Waals surface area (Å²) in [6.45, 7) is 1.66. The first-order chi connectivity index (χ1) is 8.19. The van der Waals surface area contributed by atoms with Crippen molar-refractivity contribution < 1.29 is 10.0 Å². The highest BCUT2D eigenvalue weighted by Crippen LogP contribution is 2.29. The van der Waals surface area contributed by atoms with Gasteiger partial charge < -0.3 is 10.5 Å². The van der Waals surface area contributed by atoms with Crippen LogP contribution in [0.2, 0.25) is 0 Å². The molecule has 1 saturated carbocycles. The van der Waals surface area contributed by atoms with Crippen molar-refractivity contribution in [2.24, 2.45) is 11.1 Å². The fourth-order valence-electron chi connectivity index (χ4n) is 1.68. The minimum Gasteiger partial charge on any atom is -0.411 e. The zero-order chi connectivity index (χ0) is 12.3. The molecule has 0 aliphatic heterocycles. The number of oxime groups is 1. The molecule has 0 unspecified atom stereocenters.